The van der Waals surface area contributed by atoms with Crippen LogP contribution in [0.1, 0.15) is 17.7 Å². The second kappa shape index (κ2) is 7.29. The molecule has 0 saturated carbocycles. The van der Waals surface area contributed by atoms with Crippen LogP contribution in [0.3, 0.4) is 0 Å². The Kier molecular flexibility index (Phi) is 4.72. The van der Waals surface area contributed by atoms with Gasteiger partial charge in [0.2, 0.25) is 0 Å². The molecule has 25 heavy (non-hydrogen) atoms. The number of likely N-dealkylation sites (tertiary alicyclic amines) is 1. The number of para-hydroxylation sites is 1. The molecule has 0 radical (unpaired) electrons. The highest BCUT2D eigenvalue weighted by Crippen LogP contribution is 2.22. The predicted octanol–water partition coefficient (Wildman–Crippen LogP) is 2.93. The van der Waals surface area contributed by atoms with Crippen molar-refractivity contribution in [1.82, 2.24) is 20.2 Å². The molecular weight excluding hydrogens is 319 g/mol. The third-order valence-corrected chi connectivity index (χ3v) is 4.63. The number of rotatable bonds is 6. The number of nitrogens with zero attached hydrogens (tertiary/aromatic N) is 3. The van der Waals surface area contributed by atoms with Crippen molar-refractivity contribution in [2.45, 2.75) is 31.7 Å². The van der Waals surface area contributed by atoms with Crippen LogP contribution in [0.5, 0.6) is 0 Å². The monoisotopic (exact) mass is 340 g/mol. The largest absolute Gasteiger partial charge is 0.460 e. The van der Waals surface area contributed by atoms with Crippen molar-refractivity contribution < 1.29 is 8.81 Å². The summed E-state index contributed by atoms with van der Waals surface area (Å²) in [6.07, 6.45) is 4.87. The summed E-state index contributed by atoms with van der Waals surface area (Å²) in [6, 6.07) is 10.2. The first-order valence-corrected chi connectivity index (χ1v) is 8.58. The number of hydrogen-bond acceptors (Lipinski definition) is 5. The van der Waals surface area contributed by atoms with Crippen LogP contribution in [0.25, 0.3) is 11.0 Å². The van der Waals surface area contributed by atoms with Crippen LogP contribution in [0.15, 0.2) is 53.5 Å². The summed E-state index contributed by atoms with van der Waals surface area (Å²) in [4.78, 5) is 10.2. The third kappa shape index (κ3) is 3.86. The quantitative estimate of drug-likeness (QED) is 0.748. The average molecular weight is 340 g/mol. The number of furan rings is 1. The van der Waals surface area contributed by atoms with Gasteiger partial charge < -0.3 is 9.73 Å². The van der Waals surface area contributed by atoms with Gasteiger partial charge in [0.15, 0.2) is 0 Å². The highest BCUT2D eigenvalue weighted by molar-refractivity contribution is 5.77. The van der Waals surface area contributed by atoms with E-state index in [2.05, 4.69) is 20.2 Å². The molecule has 3 aromatic rings. The summed E-state index contributed by atoms with van der Waals surface area (Å²) >= 11 is 0. The molecule has 0 unspecified atom stereocenters. The number of benzene rings is 1. The molecule has 3 heterocycles. The van der Waals surface area contributed by atoms with Crippen molar-refractivity contribution >= 4 is 11.0 Å². The Balaban J connectivity index is 1.34. The molecule has 1 aliphatic rings. The molecule has 2 aromatic heterocycles. The van der Waals surface area contributed by atoms with Crippen molar-refractivity contribution in [2.24, 2.45) is 0 Å². The zero-order chi connectivity index (χ0) is 17.1. The van der Waals surface area contributed by atoms with Gasteiger partial charge in [-0.15, -0.1) is 0 Å². The van der Waals surface area contributed by atoms with Crippen molar-refractivity contribution in [2.75, 3.05) is 13.1 Å². The zero-order valence-electron chi connectivity index (χ0n) is 13.9. The van der Waals surface area contributed by atoms with Crippen molar-refractivity contribution in [3.63, 3.8) is 0 Å². The summed E-state index contributed by atoms with van der Waals surface area (Å²) < 4.78 is 19.7. The highest BCUT2D eigenvalue weighted by Gasteiger charge is 2.31. The fraction of sp³-hybridized carbons (Fsp3) is 0.368. The van der Waals surface area contributed by atoms with Crippen LogP contribution in [-0.4, -0.2) is 40.2 Å². The number of aromatic nitrogens is 2. The molecule has 2 atom stereocenters. The molecule has 0 bridgehead atoms. The molecule has 1 N–H and O–H groups in total. The molecule has 6 heteroatoms. The maximum absolute atomic E-state index is 13.9. The molecule has 4 rings (SSSR count). The zero-order valence-corrected chi connectivity index (χ0v) is 13.9. The smallest absolute Gasteiger partial charge is 0.134 e. The molecule has 130 valence electrons. The minimum absolute atomic E-state index is 0.166. The van der Waals surface area contributed by atoms with Gasteiger partial charge in [0.05, 0.1) is 6.54 Å². The number of hydrogen-bond donors (Lipinski definition) is 1. The Hall–Kier alpha value is -2.31. The molecule has 1 saturated heterocycles. The summed E-state index contributed by atoms with van der Waals surface area (Å²) in [7, 11) is 0. The van der Waals surface area contributed by atoms with E-state index in [1.54, 1.807) is 12.4 Å². The first-order chi connectivity index (χ1) is 12.3. The second-order valence-corrected chi connectivity index (χ2v) is 6.54. The van der Waals surface area contributed by atoms with Crippen LogP contribution >= 0.6 is 0 Å². The molecule has 1 aromatic carbocycles. The van der Waals surface area contributed by atoms with Gasteiger partial charge in [0.1, 0.15) is 23.8 Å². The molecule has 5 nitrogen and oxygen atoms in total. The summed E-state index contributed by atoms with van der Waals surface area (Å²) in [6.45, 7) is 2.51. The van der Waals surface area contributed by atoms with Crippen molar-refractivity contribution in [1.29, 1.82) is 0 Å². The molecule has 1 fully saturated rings. The van der Waals surface area contributed by atoms with Crippen LogP contribution in [0.4, 0.5) is 4.39 Å². The lowest BCUT2D eigenvalue weighted by atomic mass is 10.2. The minimum atomic E-state index is -0.775. The van der Waals surface area contributed by atoms with Gasteiger partial charge in [-0.1, -0.05) is 18.2 Å². The fourth-order valence-corrected chi connectivity index (χ4v) is 3.46. The van der Waals surface area contributed by atoms with Gasteiger partial charge in [-0.2, -0.15) is 0 Å². The van der Waals surface area contributed by atoms with Crippen LogP contribution in [0.2, 0.25) is 0 Å². The van der Waals surface area contributed by atoms with E-state index in [0.29, 0.717) is 26.1 Å². The van der Waals surface area contributed by atoms with Crippen LogP contribution in [0, 0.1) is 0 Å². The van der Waals surface area contributed by atoms with Crippen LogP contribution < -0.4 is 5.32 Å². The van der Waals surface area contributed by atoms with Gasteiger partial charge in [-0.3, -0.25) is 4.90 Å². The molecule has 0 spiro atoms. The van der Waals surface area contributed by atoms with Crippen LogP contribution in [-0.2, 0) is 13.1 Å². The van der Waals surface area contributed by atoms with Gasteiger partial charge >= 0.3 is 0 Å². The number of fused-ring (bicyclic) bond motifs is 1. The second-order valence-electron chi connectivity index (χ2n) is 6.54. The van der Waals surface area contributed by atoms with Gasteiger partial charge in [0.25, 0.3) is 0 Å². The summed E-state index contributed by atoms with van der Waals surface area (Å²) in [5, 5.41) is 4.51. The summed E-state index contributed by atoms with van der Waals surface area (Å²) in [5.41, 5.74) is 1.91. The minimum Gasteiger partial charge on any atom is -0.460 e. The van der Waals surface area contributed by atoms with E-state index in [9.17, 15) is 4.39 Å². The highest BCUT2D eigenvalue weighted by atomic mass is 19.1. The molecule has 1 aliphatic heterocycles. The standard InChI is InChI=1S/C19H21FN4O/c20-16-6-17(24(12-16)11-14-7-22-13-23-8-14)9-21-10-18-5-15-3-1-2-4-19(15)25-18/h1-5,7-8,13,16-17,21H,6,9-12H2/t16-,17-/m0/s1. The first-order valence-electron chi connectivity index (χ1n) is 8.58. The van der Waals surface area contributed by atoms with E-state index in [4.69, 9.17) is 4.42 Å². The Bertz CT molecular complexity index is 789. The van der Waals surface area contributed by atoms with Crippen molar-refractivity contribution in [3.8, 4) is 0 Å². The lowest BCUT2D eigenvalue weighted by molar-refractivity contribution is 0.229. The van der Waals surface area contributed by atoms with E-state index in [1.807, 2.05) is 30.3 Å². The topological polar surface area (TPSA) is 54.2 Å². The fourth-order valence-electron chi connectivity index (χ4n) is 3.46. The Labute approximate surface area is 145 Å². The lowest BCUT2D eigenvalue weighted by Gasteiger charge is -2.24. The Morgan fingerprint density at radius 2 is 2.08 bits per heavy atom. The number of halogens is 1. The lowest BCUT2D eigenvalue weighted by Crippen LogP contribution is -2.37. The third-order valence-electron chi connectivity index (χ3n) is 4.63. The van der Waals surface area contributed by atoms with E-state index < -0.39 is 6.17 Å². The molecule has 0 amide bonds. The van der Waals surface area contributed by atoms with Gasteiger partial charge in [0, 0.05) is 49.0 Å². The van der Waals surface area contributed by atoms with Gasteiger partial charge in [-0.25, -0.2) is 14.4 Å². The SMILES string of the molecule is F[C@H]1C[C@@H](CNCc2cc3ccccc3o2)N(Cc2cncnc2)C1. The van der Waals surface area contributed by atoms with E-state index in [-0.39, 0.29) is 6.04 Å². The average Bonchev–Trinajstić information content (AvgIpc) is 3.19. The van der Waals surface area contributed by atoms with E-state index in [1.165, 1.54) is 6.33 Å². The van der Waals surface area contributed by atoms with Crippen molar-refractivity contribution in [3.05, 3.63) is 60.4 Å². The molecule has 0 aliphatic carbocycles. The van der Waals surface area contributed by atoms with E-state index in [0.717, 1.165) is 28.8 Å². The maximum Gasteiger partial charge on any atom is 0.134 e. The normalized spacial score (nSPS) is 21.2. The predicted molar refractivity (Wildman–Crippen MR) is 93.7 cm³/mol. The number of alkyl halides is 1. The van der Waals surface area contributed by atoms with E-state index >= 15 is 0 Å². The maximum atomic E-state index is 13.9. The van der Waals surface area contributed by atoms with Gasteiger partial charge in [-0.05, 0) is 18.6 Å². The Morgan fingerprint density at radius 1 is 1.24 bits per heavy atom. The summed E-state index contributed by atoms with van der Waals surface area (Å²) in [5.74, 6) is 0.902. The Morgan fingerprint density at radius 3 is 2.92 bits per heavy atom. The number of nitrogens with one attached hydrogen (secondary N) is 1. The first kappa shape index (κ1) is 16.2. The molecular formula is C19H21FN4O.